The molecule has 2 heterocycles. The second-order valence-corrected chi connectivity index (χ2v) is 11.7. The number of aromatic nitrogens is 3. The van der Waals surface area contributed by atoms with Crippen LogP contribution >= 0.6 is 23.1 Å². The molecule has 3 aromatic rings. The molecule has 0 bridgehead atoms. The standard InChI is InChI=1S/C21H23N5O4S3/c1-26-16(12-33(29,30)13-7-3-2-4-8-13)24-25-21(26)31-11-17(27)23-20-18(19(22)28)14-9-5-6-10-15(14)32-20/h2-4,7-8H,5-6,9-12H2,1H3,(H2,22,28)(H,23,27). The zero-order chi connectivity index (χ0) is 23.6. The fourth-order valence-electron chi connectivity index (χ4n) is 3.68. The highest BCUT2D eigenvalue weighted by Crippen LogP contribution is 2.38. The minimum absolute atomic E-state index is 0.0260. The number of amides is 2. The number of thiophene rings is 1. The first-order chi connectivity index (χ1) is 15.8. The van der Waals surface area contributed by atoms with E-state index in [1.54, 1.807) is 29.8 Å². The number of rotatable bonds is 8. The topological polar surface area (TPSA) is 137 Å². The minimum atomic E-state index is -3.56. The van der Waals surface area contributed by atoms with E-state index in [2.05, 4.69) is 15.5 Å². The van der Waals surface area contributed by atoms with Crippen molar-refractivity contribution in [3.8, 4) is 0 Å². The average molecular weight is 506 g/mol. The molecular weight excluding hydrogens is 482 g/mol. The fraction of sp³-hybridized carbons (Fsp3) is 0.333. The van der Waals surface area contributed by atoms with Gasteiger partial charge in [0, 0.05) is 11.9 Å². The summed E-state index contributed by atoms with van der Waals surface area (Å²) in [6, 6.07) is 8.15. The predicted octanol–water partition coefficient (Wildman–Crippen LogP) is 2.56. The summed E-state index contributed by atoms with van der Waals surface area (Å²) in [5, 5.41) is 11.7. The molecule has 174 valence electrons. The van der Waals surface area contributed by atoms with Crippen LogP contribution in [0, 0.1) is 0 Å². The van der Waals surface area contributed by atoms with Crippen LogP contribution in [0.3, 0.4) is 0 Å². The first kappa shape index (κ1) is 23.5. The third kappa shape index (κ3) is 5.12. The molecule has 0 atom stereocenters. The zero-order valence-electron chi connectivity index (χ0n) is 17.9. The highest BCUT2D eigenvalue weighted by molar-refractivity contribution is 7.99. The number of nitrogens with two attached hydrogens (primary N) is 1. The maximum Gasteiger partial charge on any atom is 0.251 e. The quantitative estimate of drug-likeness (QED) is 0.449. The van der Waals surface area contributed by atoms with E-state index in [4.69, 9.17) is 5.73 Å². The Bertz CT molecular complexity index is 1300. The van der Waals surface area contributed by atoms with E-state index in [-0.39, 0.29) is 28.1 Å². The third-order valence-corrected chi connectivity index (χ3v) is 9.21. The number of primary amides is 1. The molecule has 2 amide bonds. The molecule has 1 aromatic carbocycles. The molecule has 1 aliphatic carbocycles. The van der Waals surface area contributed by atoms with Gasteiger partial charge in [0.25, 0.3) is 5.91 Å². The summed E-state index contributed by atoms with van der Waals surface area (Å²) in [6.45, 7) is 0. The molecule has 3 N–H and O–H groups in total. The number of carbonyl (C=O) groups excluding carboxylic acids is 2. The first-order valence-corrected chi connectivity index (χ1v) is 13.7. The summed E-state index contributed by atoms with van der Waals surface area (Å²) >= 11 is 2.55. The van der Waals surface area contributed by atoms with Crippen LogP contribution in [-0.2, 0) is 40.3 Å². The Morgan fingerprint density at radius 2 is 1.91 bits per heavy atom. The number of carbonyl (C=O) groups is 2. The summed E-state index contributed by atoms with van der Waals surface area (Å²) in [5.74, 6) is -0.824. The first-order valence-electron chi connectivity index (χ1n) is 10.3. The van der Waals surface area contributed by atoms with Crippen molar-refractivity contribution >= 4 is 49.8 Å². The smallest absolute Gasteiger partial charge is 0.251 e. The maximum absolute atomic E-state index is 12.6. The third-order valence-electron chi connectivity index (χ3n) is 5.35. The lowest BCUT2D eigenvalue weighted by Gasteiger charge is -2.11. The summed E-state index contributed by atoms with van der Waals surface area (Å²) in [7, 11) is -1.90. The molecule has 0 saturated heterocycles. The van der Waals surface area contributed by atoms with E-state index in [1.165, 1.54) is 23.5 Å². The van der Waals surface area contributed by atoms with Gasteiger partial charge in [-0.05, 0) is 43.4 Å². The van der Waals surface area contributed by atoms with Gasteiger partial charge >= 0.3 is 0 Å². The van der Waals surface area contributed by atoms with Crippen LogP contribution in [0.25, 0.3) is 0 Å². The normalized spacial score (nSPS) is 13.5. The number of thioether (sulfide) groups is 1. The number of fused-ring (bicyclic) bond motifs is 1. The average Bonchev–Trinajstić information content (AvgIpc) is 3.32. The van der Waals surface area contributed by atoms with Crippen LogP contribution in [0.15, 0.2) is 40.4 Å². The van der Waals surface area contributed by atoms with Crippen molar-refractivity contribution in [3.05, 3.63) is 52.2 Å². The highest BCUT2D eigenvalue weighted by atomic mass is 32.2. The number of aryl methyl sites for hydroxylation is 1. The molecule has 12 heteroatoms. The Hall–Kier alpha value is -2.70. The van der Waals surface area contributed by atoms with Crippen LogP contribution in [-0.4, -0.2) is 40.7 Å². The van der Waals surface area contributed by atoms with Crippen molar-refractivity contribution in [1.29, 1.82) is 0 Å². The van der Waals surface area contributed by atoms with E-state index in [1.807, 2.05) is 0 Å². The van der Waals surface area contributed by atoms with Crippen molar-refractivity contribution in [2.24, 2.45) is 12.8 Å². The number of hydrogen-bond donors (Lipinski definition) is 2. The van der Waals surface area contributed by atoms with Gasteiger partial charge in [-0.3, -0.25) is 9.59 Å². The van der Waals surface area contributed by atoms with Crippen molar-refractivity contribution in [2.45, 2.75) is 41.5 Å². The summed E-state index contributed by atoms with van der Waals surface area (Å²) < 4.78 is 26.8. The molecule has 33 heavy (non-hydrogen) atoms. The fourth-order valence-corrected chi connectivity index (χ4v) is 7.06. The summed E-state index contributed by atoms with van der Waals surface area (Å²) in [5.41, 5.74) is 6.95. The SMILES string of the molecule is Cn1c(CS(=O)(=O)c2ccccc2)nnc1SCC(=O)Nc1sc2c(c1C(N)=O)CCCC2. The van der Waals surface area contributed by atoms with E-state index < -0.39 is 15.7 Å². The Balaban J connectivity index is 1.41. The Labute approximate surface area is 199 Å². The minimum Gasteiger partial charge on any atom is -0.365 e. The van der Waals surface area contributed by atoms with Gasteiger partial charge in [-0.25, -0.2) is 8.42 Å². The largest absolute Gasteiger partial charge is 0.365 e. The van der Waals surface area contributed by atoms with Crippen molar-refractivity contribution in [2.75, 3.05) is 11.1 Å². The Morgan fingerprint density at radius 1 is 1.18 bits per heavy atom. The van der Waals surface area contributed by atoms with Gasteiger partial charge in [0.05, 0.1) is 16.2 Å². The predicted molar refractivity (Wildman–Crippen MR) is 127 cm³/mol. The highest BCUT2D eigenvalue weighted by Gasteiger charge is 2.25. The Kier molecular flexibility index (Phi) is 6.86. The van der Waals surface area contributed by atoms with Crippen LogP contribution in [0.2, 0.25) is 0 Å². The molecule has 0 unspecified atom stereocenters. The van der Waals surface area contributed by atoms with E-state index in [0.29, 0.717) is 15.7 Å². The molecule has 2 aromatic heterocycles. The summed E-state index contributed by atoms with van der Waals surface area (Å²) in [6.07, 6.45) is 3.74. The molecule has 9 nitrogen and oxygen atoms in total. The second kappa shape index (κ2) is 9.65. The van der Waals surface area contributed by atoms with Gasteiger partial charge in [-0.1, -0.05) is 30.0 Å². The van der Waals surface area contributed by atoms with Gasteiger partial charge in [0.15, 0.2) is 15.0 Å². The summed E-state index contributed by atoms with van der Waals surface area (Å²) in [4.78, 5) is 25.9. The molecular formula is C21H23N5O4S3. The molecule has 0 spiro atoms. The zero-order valence-corrected chi connectivity index (χ0v) is 20.4. The lowest BCUT2D eigenvalue weighted by Crippen LogP contribution is -2.19. The monoisotopic (exact) mass is 505 g/mol. The van der Waals surface area contributed by atoms with Crippen LogP contribution < -0.4 is 11.1 Å². The maximum atomic E-state index is 12.6. The number of sulfone groups is 1. The number of nitrogens with zero attached hydrogens (tertiary/aromatic N) is 3. The van der Waals surface area contributed by atoms with Gasteiger partial charge in [0.1, 0.15) is 16.6 Å². The van der Waals surface area contributed by atoms with Crippen LogP contribution in [0.5, 0.6) is 0 Å². The van der Waals surface area contributed by atoms with Gasteiger partial charge in [0.2, 0.25) is 5.91 Å². The number of benzene rings is 1. The lowest BCUT2D eigenvalue weighted by molar-refractivity contribution is -0.113. The molecule has 0 aliphatic heterocycles. The van der Waals surface area contributed by atoms with E-state index >= 15 is 0 Å². The molecule has 0 fully saturated rings. The van der Waals surface area contributed by atoms with Crippen LogP contribution in [0.4, 0.5) is 5.00 Å². The van der Waals surface area contributed by atoms with Gasteiger partial charge in [-0.15, -0.1) is 21.5 Å². The molecule has 4 rings (SSSR count). The number of hydrogen-bond acceptors (Lipinski definition) is 8. The second-order valence-electron chi connectivity index (χ2n) is 7.65. The van der Waals surface area contributed by atoms with Crippen molar-refractivity contribution in [3.63, 3.8) is 0 Å². The lowest BCUT2D eigenvalue weighted by atomic mass is 9.95. The van der Waals surface area contributed by atoms with E-state index in [9.17, 15) is 18.0 Å². The van der Waals surface area contributed by atoms with Gasteiger partial charge in [-0.2, -0.15) is 0 Å². The molecule has 1 aliphatic rings. The molecule has 0 saturated carbocycles. The van der Waals surface area contributed by atoms with Gasteiger partial charge < -0.3 is 15.6 Å². The van der Waals surface area contributed by atoms with E-state index in [0.717, 1.165) is 47.9 Å². The number of anilines is 1. The van der Waals surface area contributed by atoms with Crippen molar-refractivity contribution < 1.29 is 18.0 Å². The van der Waals surface area contributed by atoms with Crippen molar-refractivity contribution in [1.82, 2.24) is 14.8 Å². The van der Waals surface area contributed by atoms with Crippen LogP contribution in [0.1, 0.15) is 39.5 Å². The Morgan fingerprint density at radius 3 is 2.64 bits per heavy atom. The number of nitrogens with one attached hydrogen (secondary N) is 1. The molecule has 0 radical (unpaired) electrons.